The van der Waals surface area contributed by atoms with E-state index in [1.807, 2.05) is 25.1 Å². The molecule has 0 saturated carbocycles. The lowest BCUT2D eigenvalue weighted by atomic mass is 10.1. The fraction of sp³-hybridized carbons (Fsp3) is 0.250. The molecule has 0 radical (unpaired) electrons. The molecule has 1 aromatic heterocycles. The molecule has 1 heterocycles. The van der Waals surface area contributed by atoms with Crippen LogP contribution in [0.15, 0.2) is 24.3 Å². The van der Waals surface area contributed by atoms with Gasteiger partial charge in [-0.3, -0.25) is 0 Å². The maximum Gasteiger partial charge on any atom is 0.132 e. The standard InChI is InChI=1S/C12H14N2O/c1-8-5-3-4-6-10(8)12-9(2)13-11(7-15)14-12/h3-6,15H,7H2,1-2H3,(H,13,14). The molecule has 3 heteroatoms. The number of hydrogen-bond donors (Lipinski definition) is 2. The Morgan fingerprint density at radius 1 is 1.27 bits per heavy atom. The largest absolute Gasteiger partial charge is 0.388 e. The molecule has 0 fully saturated rings. The number of H-pyrrole nitrogens is 1. The van der Waals surface area contributed by atoms with E-state index < -0.39 is 0 Å². The Balaban J connectivity index is 2.54. The van der Waals surface area contributed by atoms with Gasteiger partial charge in [0.05, 0.1) is 5.69 Å². The zero-order chi connectivity index (χ0) is 10.8. The second-order valence-corrected chi connectivity index (χ2v) is 3.63. The molecule has 2 N–H and O–H groups in total. The molecule has 0 aliphatic rings. The van der Waals surface area contributed by atoms with Crippen LogP contribution in [-0.2, 0) is 6.61 Å². The molecular weight excluding hydrogens is 188 g/mol. The van der Waals surface area contributed by atoms with Gasteiger partial charge in [-0.15, -0.1) is 0 Å². The molecule has 0 atom stereocenters. The molecule has 0 aliphatic carbocycles. The van der Waals surface area contributed by atoms with E-state index in [9.17, 15) is 0 Å². The third kappa shape index (κ3) is 1.78. The summed E-state index contributed by atoms with van der Waals surface area (Å²) >= 11 is 0. The Hall–Kier alpha value is -1.61. The van der Waals surface area contributed by atoms with Crippen LogP contribution in [-0.4, -0.2) is 15.1 Å². The predicted molar refractivity (Wildman–Crippen MR) is 59.4 cm³/mol. The number of imidazole rings is 1. The van der Waals surface area contributed by atoms with Crippen LogP contribution in [0.25, 0.3) is 11.3 Å². The van der Waals surface area contributed by atoms with Crippen LogP contribution in [0.5, 0.6) is 0 Å². The van der Waals surface area contributed by atoms with Crippen molar-refractivity contribution in [2.24, 2.45) is 0 Å². The number of nitrogens with one attached hydrogen (secondary N) is 1. The van der Waals surface area contributed by atoms with Gasteiger partial charge in [0.1, 0.15) is 12.4 Å². The van der Waals surface area contributed by atoms with Gasteiger partial charge < -0.3 is 10.1 Å². The third-order valence-corrected chi connectivity index (χ3v) is 2.48. The first-order valence-electron chi connectivity index (χ1n) is 4.94. The number of aryl methyl sites for hydroxylation is 2. The van der Waals surface area contributed by atoms with E-state index in [0.29, 0.717) is 5.82 Å². The number of rotatable bonds is 2. The zero-order valence-corrected chi connectivity index (χ0v) is 8.91. The Labute approximate surface area is 88.8 Å². The van der Waals surface area contributed by atoms with Crippen LogP contribution >= 0.6 is 0 Å². The van der Waals surface area contributed by atoms with E-state index in [0.717, 1.165) is 17.0 Å². The van der Waals surface area contributed by atoms with Crippen molar-refractivity contribution in [2.75, 3.05) is 0 Å². The Bertz CT molecular complexity index is 474. The minimum atomic E-state index is -0.0489. The van der Waals surface area contributed by atoms with Crippen LogP contribution in [0.3, 0.4) is 0 Å². The number of benzene rings is 1. The van der Waals surface area contributed by atoms with Crippen molar-refractivity contribution < 1.29 is 5.11 Å². The van der Waals surface area contributed by atoms with Crippen LogP contribution in [0.2, 0.25) is 0 Å². The van der Waals surface area contributed by atoms with Crippen molar-refractivity contribution in [3.63, 3.8) is 0 Å². The highest BCUT2D eigenvalue weighted by molar-refractivity contribution is 5.65. The average Bonchev–Trinajstić information content (AvgIpc) is 2.60. The highest BCUT2D eigenvalue weighted by atomic mass is 16.3. The minimum Gasteiger partial charge on any atom is -0.388 e. The predicted octanol–water partition coefficient (Wildman–Crippen LogP) is 2.19. The van der Waals surface area contributed by atoms with E-state index >= 15 is 0 Å². The van der Waals surface area contributed by atoms with Crippen molar-refractivity contribution in [3.05, 3.63) is 41.3 Å². The number of aliphatic hydroxyl groups excluding tert-OH is 1. The van der Waals surface area contributed by atoms with Crippen molar-refractivity contribution in [1.29, 1.82) is 0 Å². The lowest BCUT2D eigenvalue weighted by molar-refractivity contribution is 0.272. The summed E-state index contributed by atoms with van der Waals surface area (Å²) in [6.45, 7) is 3.97. The van der Waals surface area contributed by atoms with E-state index in [2.05, 4.69) is 23.0 Å². The molecule has 0 amide bonds. The highest BCUT2D eigenvalue weighted by Crippen LogP contribution is 2.24. The van der Waals surface area contributed by atoms with Gasteiger partial charge in [0.2, 0.25) is 0 Å². The number of hydrogen-bond acceptors (Lipinski definition) is 2. The van der Waals surface area contributed by atoms with Crippen LogP contribution in [0, 0.1) is 13.8 Å². The first-order chi connectivity index (χ1) is 7.22. The maximum absolute atomic E-state index is 9.00. The Morgan fingerprint density at radius 3 is 2.60 bits per heavy atom. The quantitative estimate of drug-likeness (QED) is 0.784. The summed E-state index contributed by atoms with van der Waals surface area (Å²) in [6.07, 6.45) is 0. The van der Waals surface area contributed by atoms with Gasteiger partial charge in [0, 0.05) is 11.3 Å². The molecule has 3 nitrogen and oxygen atoms in total. The molecule has 0 bridgehead atoms. The molecule has 2 aromatic rings. The molecule has 1 aromatic carbocycles. The maximum atomic E-state index is 9.00. The van der Waals surface area contributed by atoms with Crippen molar-refractivity contribution in [2.45, 2.75) is 20.5 Å². The highest BCUT2D eigenvalue weighted by Gasteiger charge is 2.09. The smallest absolute Gasteiger partial charge is 0.132 e. The van der Waals surface area contributed by atoms with E-state index in [1.165, 1.54) is 5.56 Å². The number of aromatic nitrogens is 2. The fourth-order valence-electron chi connectivity index (χ4n) is 1.70. The summed E-state index contributed by atoms with van der Waals surface area (Å²) in [7, 11) is 0. The molecule has 0 unspecified atom stereocenters. The van der Waals surface area contributed by atoms with Gasteiger partial charge in [-0.1, -0.05) is 24.3 Å². The molecule has 78 valence electrons. The van der Waals surface area contributed by atoms with Crippen molar-refractivity contribution in [1.82, 2.24) is 9.97 Å². The molecule has 2 rings (SSSR count). The van der Waals surface area contributed by atoms with Crippen LogP contribution in [0.4, 0.5) is 0 Å². The monoisotopic (exact) mass is 202 g/mol. The normalized spacial score (nSPS) is 10.6. The fourth-order valence-corrected chi connectivity index (χ4v) is 1.70. The first-order valence-corrected chi connectivity index (χ1v) is 4.94. The van der Waals surface area contributed by atoms with Gasteiger partial charge in [-0.2, -0.15) is 0 Å². The van der Waals surface area contributed by atoms with E-state index in [1.54, 1.807) is 0 Å². The zero-order valence-electron chi connectivity index (χ0n) is 8.91. The lowest BCUT2D eigenvalue weighted by Crippen LogP contribution is -1.86. The second-order valence-electron chi connectivity index (χ2n) is 3.63. The van der Waals surface area contributed by atoms with Crippen molar-refractivity contribution >= 4 is 0 Å². The molecule has 0 spiro atoms. The van der Waals surface area contributed by atoms with Gasteiger partial charge in [0.25, 0.3) is 0 Å². The summed E-state index contributed by atoms with van der Waals surface area (Å²) in [4.78, 5) is 7.41. The van der Waals surface area contributed by atoms with Crippen molar-refractivity contribution in [3.8, 4) is 11.3 Å². The topological polar surface area (TPSA) is 48.9 Å². The molecule has 0 aliphatic heterocycles. The SMILES string of the molecule is Cc1ccccc1-c1nc(CO)[nH]c1C. The Morgan fingerprint density at radius 2 is 2.00 bits per heavy atom. The van der Waals surface area contributed by atoms with Gasteiger partial charge in [-0.05, 0) is 19.4 Å². The average molecular weight is 202 g/mol. The van der Waals surface area contributed by atoms with Gasteiger partial charge >= 0.3 is 0 Å². The number of aromatic amines is 1. The van der Waals surface area contributed by atoms with Gasteiger partial charge in [0.15, 0.2) is 0 Å². The van der Waals surface area contributed by atoms with E-state index in [-0.39, 0.29) is 6.61 Å². The lowest BCUT2D eigenvalue weighted by Gasteiger charge is -2.02. The van der Waals surface area contributed by atoms with Crippen LogP contribution < -0.4 is 0 Å². The Kier molecular flexibility index (Phi) is 2.56. The molecule has 0 saturated heterocycles. The summed E-state index contributed by atoms with van der Waals surface area (Å²) in [5.74, 6) is 0.616. The summed E-state index contributed by atoms with van der Waals surface area (Å²) < 4.78 is 0. The molecular formula is C12H14N2O. The number of aliphatic hydroxyl groups is 1. The van der Waals surface area contributed by atoms with E-state index in [4.69, 9.17) is 5.11 Å². The summed E-state index contributed by atoms with van der Waals surface area (Å²) in [5.41, 5.74) is 4.23. The van der Waals surface area contributed by atoms with Crippen LogP contribution in [0.1, 0.15) is 17.1 Å². The molecule has 15 heavy (non-hydrogen) atoms. The minimum absolute atomic E-state index is 0.0489. The number of nitrogens with zero attached hydrogens (tertiary/aromatic N) is 1. The first kappa shape index (κ1) is 9.93. The second kappa shape index (κ2) is 3.87. The third-order valence-electron chi connectivity index (χ3n) is 2.48. The van der Waals surface area contributed by atoms with Gasteiger partial charge in [-0.25, -0.2) is 4.98 Å². The summed E-state index contributed by atoms with van der Waals surface area (Å²) in [5, 5.41) is 9.00. The summed E-state index contributed by atoms with van der Waals surface area (Å²) in [6, 6.07) is 8.10.